The Morgan fingerprint density at radius 2 is 1.93 bits per heavy atom. The van der Waals surface area contributed by atoms with Gasteiger partial charge in [-0.15, -0.1) is 0 Å². The third-order valence-electron chi connectivity index (χ3n) is 4.44. The van der Waals surface area contributed by atoms with Crippen molar-refractivity contribution in [2.24, 2.45) is 18.0 Å². The van der Waals surface area contributed by atoms with Crippen LogP contribution in [-0.4, -0.2) is 40.4 Å². The molecule has 0 unspecified atom stereocenters. The first kappa shape index (κ1) is 21.7. The van der Waals surface area contributed by atoms with E-state index in [2.05, 4.69) is 72.5 Å². The molecule has 1 aromatic carbocycles. The molecule has 0 bridgehead atoms. The second-order valence-electron chi connectivity index (χ2n) is 7.96. The normalized spacial score (nSPS) is 12.3. The van der Waals surface area contributed by atoms with Gasteiger partial charge in [0.2, 0.25) is 0 Å². The molecule has 0 aliphatic carbocycles. The van der Waals surface area contributed by atoms with Gasteiger partial charge in [0.1, 0.15) is 24.4 Å². The van der Waals surface area contributed by atoms with Crippen LogP contribution in [0.1, 0.15) is 46.0 Å². The number of hydrogen-bond acceptors (Lipinski definition) is 4. The molecule has 1 aromatic heterocycles. The average molecular weight is 387 g/mol. The zero-order chi connectivity index (χ0) is 20.6. The van der Waals surface area contributed by atoms with Gasteiger partial charge in [-0.25, -0.2) is 9.98 Å². The zero-order valence-corrected chi connectivity index (χ0v) is 18.0. The maximum Gasteiger partial charge on any atom is 0.191 e. The lowest BCUT2D eigenvalue weighted by Gasteiger charge is -2.27. The number of aliphatic imine (C=N–C) groups is 1. The van der Waals surface area contributed by atoms with Crippen molar-refractivity contribution >= 4 is 5.96 Å². The lowest BCUT2D eigenvalue weighted by Crippen LogP contribution is -2.43. The van der Waals surface area contributed by atoms with Crippen LogP contribution in [0.4, 0.5) is 0 Å². The first-order valence-electron chi connectivity index (χ1n) is 9.90. The molecule has 0 aliphatic rings. The molecule has 0 aliphatic heterocycles. The van der Waals surface area contributed by atoms with E-state index in [1.54, 1.807) is 11.0 Å². The van der Waals surface area contributed by atoms with Gasteiger partial charge in [0.25, 0.3) is 0 Å². The van der Waals surface area contributed by atoms with E-state index in [1.165, 1.54) is 5.56 Å². The van der Waals surface area contributed by atoms with Crippen LogP contribution >= 0.6 is 0 Å². The second kappa shape index (κ2) is 10.1. The Labute approximate surface area is 168 Å². The molecule has 1 heterocycles. The van der Waals surface area contributed by atoms with E-state index in [4.69, 9.17) is 4.74 Å². The molecule has 0 fully saturated rings. The summed E-state index contributed by atoms with van der Waals surface area (Å²) in [6.45, 7) is 13.6. The highest BCUT2D eigenvalue weighted by atomic mass is 16.5. The van der Waals surface area contributed by atoms with Crippen LogP contribution in [0.25, 0.3) is 0 Å². The number of benzene rings is 1. The first-order chi connectivity index (χ1) is 13.3. The standard InChI is InChI=1S/C21H34N6O/c1-7-22-20(23-12-19-25-15-26-27(19)6)24-14-21(4,5)17-8-10-18(11-9-17)28-13-16(2)3/h8-11,15-16H,7,12-14H2,1-6H3,(H2,22,23,24). The Balaban J connectivity index is 1.97. The van der Waals surface area contributed by atoms with Gasteiger partial charge in [-0.2, -0.15) is 5.10 Å². The van der Waals surface area contributed by atoms with Crippen LogP contribution in [0, 0.1) is 5.92 Å². The molecular weight excluding hydrogens is 352 g/mol. The third kappa shape index (κ3) is 6.55. The third-order valence-corrected chi connectivity index (χ3v) is 4.44. The number of hydrogen-bond donors (Lipinski definition) is 2. The fraction of sp³-hybridized carbons (Fsp3) is 0.571. The van der Waals surface area contributed by atoms with Crippen molar-refractivity contribution in [2.75, 3.05) is 19.7 Å². The van der Waals surface area contributed by atoms with Gasteiger partial charge in [0.05, 0.1) is 6.61 Å². The van der Waals surface area contributed by atoms with Crippen LogP contribution < -0.4 is 15.4 Å². The summed E-state index contributed by atoms with van der Waals surface area (Å²) in [4.78, 5) is 8.84. The topological polar surface area (TPSA) is 76.4 Å². The minimum atomic E-state index is -0.0580. The number of nitrogens with zero attached hydrogens (tertiary/aromatic N) is 4. The average Bonchev–Trinajstić information content (AvgIpc) is 3.07. The number of rotatable bonds is 9. The molecule has 7 nitrogen and oxygen atoms in total. The summed E-state index contributed by atoms with van der Waals surface area (Å²) in [7, 11) is 1.87. The van der Waals surface area contributed by atoms with Crippen molar-refractivity contribution < 1.29 is 4.74 Å². The fourth-order valence-corrected chi connectivity index (χ4v) is 2.63. The van der Waals surface area contributed by atoms with E-state index in [9.17, 15) is 0 Å². The van der Waals surface area contributed by atoms with Crippen LogP contribution in [0.3, 0.4) is 0 Å². The maximum atomic E-state index is 5.78. The Hall–Kier alpha value is -2.57. The quantitative estimate of drug-likeness (QED) is 0.512. The van der Waals surface area contributed by atoms with Crippen LogP contribution in [0.2, 0.25) is 0 Å². The van der Waals surface area contributed by atoms with Crippen molar-refractivity contribution in [1.82, 2.24) is 25.4 Å². The summed E-state index contributed by atoms with van der Waals surface area (Å²) >= 11 is 0. The van der Waals surface area contributed by atoms with Crippen molar-refractivity contribution in [3.8, 4) is 5.75 Å². The summed E-state index contributed by atoms with van der Waals surface area (Å²) in [5.74, 6) is 3.04. The highest BCUT2D eigenvalue weighted by molar-refractivity contribution is 5.79. The second-order valence-corrected chi connectivity index (χ2v) is 7.96. The highest BCUT2D eigenvalue weighted by Gasteiger charge is 2.21. The summed E-state index contributed by atoms with van der Waals surface area (Å²) in [6, 6.07) is 8.38. The molecule has 0 atom stereocenters. The highest BCUT2D eigenvalue weighted by Crippen LogP contribution is 2.24. The van der Waals surface area contributed by atoms with E-state index in [0.29, 0.717) is 12.5 Å². The number of aryl methyl sites for hydroxylation is 1. The van der Waals surface area contributed by atoms with Crippen LogP contribution in [-0.2, 0) is 19.0 Å². The smallest absolute Gasteiger partial charge is 0.191 e. The molecule has 2 N–H and O–H groups in total. The van der Waals surface area contributed by atoms with Crippen LogP contribution in [0.15, 0.2) is 35.6 Å². The Kier molecular flexibility index (Phi) is 7.84. The molecule has 2 rings (SSSR count). The molecule has 0 spiro atoms. The van der Waals surface area contributed by atoms with E-state index in [-0.39, 0.29) is 5.41 Å². The Morgan fingerprint density at radius 3 is 2.50 bits per heavy atom. The molecule has 0 saturated heterocycles. The number of ether oxygens (including phenoxy) is 1. The minimum absolute atomic E-state index is 0.0580. The Bertz CT molecular complexity index is 749. The molecule has 28 heavy (non-hydrogen) atoms. The van der Waals surface area contributed by atoms with Gasteiger partial charge < -0.3 is 15.4 Å². The Morgan fingerprint density at radius 1 is 1.21 bits per heavy atom. The van der Waals surface area contributed by atoms with Crippen molar-refractivity contribution in [1.29, 1.82) is 0 Å². The van der Waals surface area contributed by atoms with E-state index in [0.717, 1.165) is 37.2 Å². The van der Waals surface area contributed by atoms with Gasteiger partial charge >= 0.3 is 0 Å². The largest absolute Gasteiger partial charge is 0.493 e. The predicted octanol–water partition coefficient (Wildman–Crippen LogP) is 2.88. The van der Waals surface area contributed by atoms with Gasteiger partial charge in [-0.05, 0) is 30.5 Å². The summed E-state index contributed by atoms with van der Waals surface area (Å²) < 4.78 is 7.52. The number of aromatic nitrogens is 3. The van der Waals surface area contributed by atoms with Gasteiger partial charge in [-0.1, -0.05) is 39.8 Å². The molecule has 7 heteroatoms. The zero-order valence-electron chi connectivity index (χ0n) is 18.0. The predicted molar refractivity (Wildman–Crippen MR) is 114 cm³/mol. The van der Waals surface area contributed by atoms with Crippen LogP contribution in [0.5, 0.6) is 5.75 Å². The number of guanidine groups is 1. The van der Waals surface area contributed by atoms with Crippen molar-refractivity contribution in [2.45, 2.75) is 46.6 Å². The van der Waals surface area contributed by atoms with E-state index >= 15 is 0 Å². The summed E-state index contributed by atoms with van der Waals surface area (Å²) in [6.07, 6.45) is 1.54. The van der Waals surface area contributed by atoms with Crippen molar-refractivity contribution in [3.63, 3.8) is 0 Å². The molecule has 0 radical (unpaired) electrons. The minimum Gasteiger partial charge on any atom is -0.493 e. The maximum absolute atomic E-state index is 5.78. The molecule has 0 saturated carbocycles. The SMILES string of the molecule is CCNC(=NCc1ncnn1C)NCC(C)(C)c1ccc(OCC(C)C)cc1. The summed E-state index contributed by atoms with van der Waals surface area (Å²) in [5, 5.41) is 10.8. The summed E-state index contributed by atoms with van der Waals surface area (Å²) in [5.41, 5.74) is 1.19. The van der Waals surface area contributed by atoms with Gasteiger partial charge in [0, 0.05) is 25.6 Å². The monoisotopic (exact) mass is 386 g/mol. The first-order valence-corrected chi connectivity index (χ1v) is 9.90. The van der Waals surface area contributed by atoms with Gasteiger partial charge in [-0.3, -0.25) is 4.68 Å². The molecular formula is C21H34N6O. The lowest BCUT2D eigenvalue weighted by molar-refractivity contribution is 0.271. The molecule has 154 valence electrons. The fourth-order valence-electron chi connectivity index (χ4n) is 2.63. The molecule has 2 aromatic rings. The van der Waals surface area contributed by atoms with E-state index < -0.39 is 0 Å². The van der Waals surface area contributed by atoms with E-state index in [1.807, 2.05) is 19.2 Å². The van der Waals surface area contributed by atoms with Crippen molar-refractivity contribution in [3.05, 3.63) is 42.0 Å². The lowest BCUT2D eigenvalue weighted by atomic mass is 9.84. The van der Waals surface area contributed by atoms with Gasteiger partial charge in [0.15, 0.2) is 5.96 Å². The number of nitrogens with one attached hydrogen (secondary N) is 2. The molecule has 0 amide bonds.